The summed E-state index contributed by atoms with van der Waals surface area (Å²) in [5.41, 5.74) is 0.642. The average Bonchev–Trinajstić information content (AvgIpc) is 2.53. The molecule has 1 heterocycles. The van der Waals surface area contributed by atoms with Gasteiger partial charge in [-0.15, -0.1) is 0 Å². The zero-order valence-corrected chi connectivity index (χ0v) is 12.3. The summed E-state index contributed by atoms with van der Waals surface area (Å²) in [6.07, 6.45) is 9.82. The first-order valence-corrected chi connectivity index (χ1v) is 8.27. The molecule has 0 aromatic heterocycles. The van der Waals surface area contributed by atoms with Gasteiger partial charge in [0.05, 0.1) is 0 Å². The fourth-order valence-electron chi connectivity index (χ4n) is 2.17. The quantitative estimate of drug-likeness (QED) is 0.585. The Labute approximate surface area is 120 Å². The van der Waals surface area contributed by atoms with Crippen molar-refractivity contribution in [3.63, 3.8) is 0 Å². The molecule has 0 bridgehead atoms. The first-order chi connectivity index (χ1) is 9.73. The lowest BCUT2D eigenvalue weighted by molar-refractivity contribution is 0.592. The molecule has 0 spiro atoms. The van der Waals surface area contributed by atoms with Crippen LogP contribution >= 0.6 is 7.14 Å². The number of rotatable bonds is 5. The third kappa shape index (κ3) is 2.66. The van der Waals surface area contributed by atoms with E-state index >= 15 is 0 Å². The molecule has 1 aromatic carbocycles. The predicted molar refractivity (Wildman–Crippen MR) is 88.2 cm³/mol. The van der Waals surface area contributed by atoms with Crippen molar-refractivity contribution < 1.29 is 4.57 Å². The molecule has 1 aliphatic heterocycles. The van der Waals surface area contributed by atoms with E-state index in [4.69, 9.17) is 0 Å². The lowest BCUT2D eigenvalue weighted by Crippen LogP contribution is -2.14. The molecule has 3 heteroatoms. The Morgan fingerprint density at radius 3 is 2.55 bits per heavy atom. The van der Waals surface area contributed by atoms with Crippen LogP contribution in [0.5, 0.6) is 0 Å². The molecule has 0 radical (unpaired) electrons. The van der Waals surface area contributed by atoms with Gasteiger partial charge < -0.3 is 4.57 Å². The number of allylic oxidation sites excluding steroid dienone is 5. The van der Waals surface area contributed by atoms with Crippen LogP contribution in [0.15, 0.2) is 84.2 Å². The van der Waals surface area contributed by atoms with Gasteiger partial charge in [-0.3, -0.25) is 4.99 Å². The normalized spacial score (nSPS) is 18.0. The van der Waals surface area contributed by atoms with Crippen LogP contribution in [0.25, 0.3) is 0 Å². The number of hydrogen-bond donors (Lipinski definition) is 0. The first kappa shape index (κ1) is 14.5. The maximum Gasteiger partial charge on any atom is 0.188 e. The van der Waals surface area contributed by atoms with Crippen LogP contribution in [0, 0.1) is 0 Å². The van der Waals surface area contributed by atoms with Crippen LogP contribution in [-0.4, -0.2) is 12.0 Å². The van der Waals surface area contributed by atoms with Crippen LogP contribution in [0.1, 0.15) is 6.42 Å². The summed E-state index contributed by atoms with van der Waals surface area (Å²) in [6, 6.07) is 9.46. The highest BCUT2D eigenvalue weighted by atomic mass is 31.2. The van der Waals surface area contributed by atoms with E-state index in [1.54, 1.807) is 18.2 Å². The van der Waals surface area contributed by atoms with Crippen LogP contribution in [0.3, 0.4) is 0 Å². The Kier molecular flexibility index (Phi) is 4.70. The fraction of sp³-hybridized carbons (Fsp3) is 0.118. The Balaban J connectivity index is 2.66. The molecule has 0 aliphatic carbocycles. The molecule has 20 heavy (non-hydrogen) atoms. The Hall–Kier alpha value is -1.92. The second-order valence-corrected chi connectivity index (χ2v) is 7.12. The van der Waals surface area contributed by atoms with E-state index in [9.17, 15) is 4.57 Å². The van der Waals surface area contributed by atoms with Gasteiger partial charge in [-0.1, -0.05) is 67.8 Å². The second-order valence-electron chi connectivity index (χ2n) is 4.41. The van der Waals surface area contributed by atoms with Gasteiger partial charge in [0.25, 0.3) is 0 Å². The van der Waals surface area contributed by atoms with Gasteiger partial charge in [0.2, 0.25) is 0 Å². The van der Waals surface area contributed by atoms with Crippen LogP contribution in [0.4, 0.5) is 0 Å². The smallest absolute Gasteiger partial charge is 0.188 e. The lowest BCUT2D eigenvalue weighted by atomic mass is 10.3. The number of aliphatic imine (C=N–C) groups is 1. The van der Waals surface area contributed by atoms with E-state index in [0.29, 0.717) is 17.3 Å². The van der Waals surface area contributed by atoms with Gasteiger partial charge in [-0.25, -0.2) is 0 Å². The Morgan fingerprint density at radius 2 is 2.00 bits per heavy atom. The zero-order chi connectivity index (χ0) is 14.4. The van der Waals surface area contributed by atoms with E-state index in [0.717, 1.165) is 11.7 Å². The standard InChI is InChI=1S/C17H18NOP/c1-3-10-15(4-2)20(19,16-11-6-5-7-12-16)17-13-8-9-14-18-17/h3-8,10-13H,1-2,9,14H2/b15-10+. The molecular formula is C17H18NOP. The zero-order valence-electron chi connectivity index (χ0n) is 11.4. The van der Waals surface area contributed by atoms with Crippen molar-refractivity contribution in [2.24, 2.45) is 4.99 Å². The van der Waals surface area contributed by atoms with Gasteiger partial charge in [0, 0.05) is 17.2 Å². The molecule has 0 saturated heterocycles. The summed E-state index contributed by atoms with van der Waals surface area (Å²) < 4.78 is 13.7. The molecule has 1 aliphatic rings. The molecule has 2 rings (SSSR count). The van der Waals surface area contributed by atoms with Gasteiger partial charge >= 0.3 is 0 Å². The molecular weight excluding hydrogens is 265 g/mol. The van der Waals surface area contributed by atoms with Crippen molar-refractivity contribution in [3.05, 3.63) is 79.2 Å². The summed E-state index contributed by atoms with van der Waals surface area (Å²) in [4.78, 5) is 4.47. The number of nitrogens with zero attached hydrogens (tertiary/aromatic N) is 1. The molecule has 102 valence electrons. The van der Waals surface area contributed by atoms with Gasteiger partial charge in [-0.05, 0) is 12.5 Å². The maximum atomic E-state index is 13.7. The van der Waals surface area contributed by atoms with Gasteiger partial charge in [0.15, 0.2) is 7.14 Å². The van der Waals surface area contributed by atoms with Crippen molar-refractivity contribution in [2.75, 3.05) is 6.54 Å². The Bertz CT molecular complexity index is 638. The minimum atomic E-state index is -2.94. The fourth-order valence-corrected chi connectivity index (χ4v) is 4.78. The van der Waals surface area contributed by atoms with E-state index in [-0.39, 0.29) is 0 Å². The Morgan fingerprint density at radius 1 is 1.25 bits per heavy atom. The third-order valence-electron chi connectivity index (χ3n) is 3.14. The SMILES string of the molecule is C=C/C=C(\C=C)P(=O)(C1=NCCC=C1)c1ccccc1. The molecule has 2 nitrogen and oxygen atoms in total. The van der Waals surface area contributed by atoms with E-state index in [1.807, 2.05) is 42.5 Å². The summed E-state index contributed by atoms with van der Waals surface area (Å²) >= 11 is 0. The largest absolute Gasteiger partial charge is 0.307 e. The average molecular weight is 283 g/mol. The number of hydrogen-bond acceptors (Lipinski definition) is 2. The van der Waals surface area contributed by atoms with E-state index in [1.165, 1.54) is 0 Å². The maximum absolute atomic E-state index is 13.7. The van der Waals surface area contributed by atoms with Crippen LogP contribution < -0.4 is 5.30 Å². The lowest BCUT2D eigenvalue weighted by Gasteiger charge is -2.21. The van der Waals surface area contributed by atoms with E-state index < -0.39 is 7.14 Å². The topological polar surface area (TPSA) is 29.4 Å². The molecule has 0 saturated carbocycles. The highest BCUT2D eigenvalue weighted by molar-refractivity contribution is 7.91. The monoisotopic (exact) mass is 283 g/mol. The number of benzene rings is 1. The van der Waals surface area contributed by atoms with Gasteiger partial charge in [0.1, 0.15) is 5.45 Å². The minimum absolute atomic E-state index is 0.642. The molecule has 1 atom stereocenters. The van der Waals surface area contributed by atoms with E-state index in [2.05, 4.69) is 18.2 Å². The molecule has 0 N–H and O–H groups in total. The van der Waals surface area contributed by atoms with Crippen molar-refractivity contribution in [3.8, 4) is 0 Å². The highest BCUT2D eigenvalue weighted by Crippen LogP contribution is 2.55. The summed E-state index contributed by atoms with van der Waals surface area (Å²) in [5.74, 6) is 0. The highest BCUT2D eigenvalue weighted by Gasteiger charge is 2.32. The third-order valence-corrected chi connectivity index (χ3v) is 6.16. The predicted octanol–water partition coefficient (Wildman–Crippen LogP) is 4.29. The summed E-state index contributed by atoms with van der Waals surface area (Å²) in [6.45, 7) is 8.18. The van der Waals surface area contributed by atoms with Crippen molar-refractivity contribution in [2.45, 2.75) is 6.42 Å². The summed E-state index contributed by atoms with van der Waals surface area (Å²) in [7, 11) is -2.94. The first-order valence-electron chi connectivity index (χ1n) is 6.56. The molecule has 0 fully saturated rings. The molecule has 1 aromatic rings. The second kappa shape index (κ2) is 6.49. The summed E-state index contributed by atoms with van der Waals surface area (Å²) in [5, 5.41) is 1.45. The number of dihydropyridines is 1. The van der Waals surface area contributed by atoms with Crippen molar-refractivity contribution in [1.82, 2.24) is 0 Å². The van der Waals surface area contributed by atoms with Crippen LogP contribution in [-0.2, 0) is 4.57 Å². The van der Waals surface area contributed by atoms with Gasteiger partial charge in [-0.2, -0.15) is 0 Å². The van der Waals surface area contributed by atoms with Crippen molar-refractivity contribution >= 4 is 17.9 Å². The molecule has 0 amide bonds. The van der Waals surface area contributed by atoms with Crippen molar-refractivity contribution in [1.29, 1.82) is 0 Å². The molecule has 1 unspecified atom stereocenters. The van der Waals surface area contributed by atoms with Crippen LogP contribution in [0.2, 0.25) is 0 Å². The minimum Gasteiger partial charge on any atom is -0.307 e.